The van der Waals surface area contributed by atoms with E-state index < -0.39 is 15.9 Å². The van der Waals surface area contributed by atoms with Crippen LogP contribution in [-0.2, 0) is 9.84 Å². The van der Waals surface area contributed by atoms with Gasteiger partial charge in [-0.2, -0.15) is 0 Å². The highest BCUT2D eigenvalue weighted by molar-refractivity contribution is 7.90. The lowest BCUT2D eigenvalue weighted by Crippen LogP contribution is -1.97. The van der Waals surface area contributed by atoms with Gasteiger partial charge in [-0.3, -0.25) is 4.98 Å². The topological polar surface area (TPSA) is 76.5 Å². The molecular formula is C14H15NO4S. The quantitative estimate of drug-likeness (QED) is 0.936. The van der Waals surface area contributed by atoms with Gasteiger partial charge in [0.25, 0.3) is 0 Å². The fourth-order valence-corrected chi connectivity index (χ4v) is 2.22. The monoisotopic (exact) mass is 293 g/mol. The van der Waals surface area contributed by atoms with Gasteiger partial charge in [-0.05, 0) is 43.3 Å². The van der Waals surface area contributed by atoms with Gasteiger partial charge in [0.2, 0.25) is 0 Å². The fourth-order valence-electron chi connectivity index (χ4n) is 1.59. The second-order valence-corrected chi connectivity index (χ2v) is 6.46. The second-order valence-electron chi connectivity index (χ2n) is 4.44. The van der Waals surface area contributed by atoms with Crippen LogP contribution in [0.1, 0.15) is 18.7 Å². The number of aromatic nitrogens is 1. The Hall–Kier alpha value is -1.92. The Morgan fingerprint density at radius 2 is 1.70 bits per heavy atom. The Morgan fingerprint density at radius 3 is 2.15 bits per heavy atom. The van der Waals surface area contributed by atoms with Crippen molar-refractivity contribution in [3.05, 3.63) is 48.3 Å². The maximum absolute atomic E-state index is 11.3. The Balaban J connectivity index is 2.14. The van der Waals surface area contributed by atoms with Crippen LogP contribution in [0.3, 0.4) is 0 Å². The van der Waals surface area contributed by atoms with Crippen LogP contribution in [0.25, 0.3) is 0 Å². The summed E-state index contributed by atoms with van der Waals surface area (Å²) in [7, 11) is -3.20. The van der Waals surface area contributed by atoms with Crippen LogP contribution in [0, 0.1) is 0 Å². The van der Waals surface area contributed by atoms with Gasteiger partial charge in [-0.25, -0.2) is 8.42 Å². The summed E-state index contributed by atoms with van der Waals surface area (Å²) in [6.45, 7) is 1.63. The maximum atomic E-state index is 11.3. The van der Waals surface area contributed by atoms with E-state index in [9.17, 15) is 13.5 Å². The van der Waals surface area contributed by atoms with E-state index >= 15 is 0 Å². The highest BCUT2D eigenvalue weighted by Gasteiger charge is 2.07. The van der Waals surface area contributed by atoms with Crippen LogP contribution in [0.2, 0.25) is 0 Å². The molecule has 2 aromatic rings. The first-order valence-corrected chi connectivity index (χ1v) is 7.87. The molecule has 2 rings (SSSR count). The van der Waals surface area contributed by atoms with E-state index in [-0.39, 0.29) is 4.90 Å². The molecule has 6 heteroatoms. The van der Waals surface area contributed by atoms with E-state index in [1.165, 1.54) is 18.3 Å². The van der Waals surface area contributed by atoms with Crippen LogP contribution >= 0.6 is 0 Å². The second kappa shape index (κ2) is 5.60. The van der Waals surface area contributed by atoms with Gasteiger partial charge in [0.05, 0.1) is 22.9 Å². The minimum absolute atomic E-state index is 0.243. The van der Waals surface area contributed by atoms with Crippen molar-refractivity contribution in [2.75, 3.05) is 6.26 Å². The van der Waals surface area contributed by atoms with Crippen LogP contribution < -0.4 is 4.74 Å². The van der Waals surface area contributed by atoms with Crippen molar-refractivity contribution in [3.63, 3.8) is 0 Å². The average molecular weight is 293 g/mol. The minimum Gasteiger partial charge on any atom is -0.456 e. The van der Waals surface area contributed by atoms with Crippen molar-refractivity contribution in [1.82, 2.24) is 4.98 Å². The van der Waals surface area contributed by atoms with E-state index in [1.54, 1.807) is 31.2 Å². The van der Waals surface area contributed by atoms with Crippen LogP contribution in [0.5, 0.6) is 11.5 Å². The van der Waals surface area contributed by atoms with Gasteiger partial charge < -0.3 is 9.84 Å². The zero-order chi connectivity index (χ0) is 14.8. The third-order valence-corrected chi connectivity index (χ3v) is 3.80. The lowest BCUT2D eigenvalue weighted by Gasteiger charge is -2.08. The molecule has 1 atom stereocenters. The molecule has 0 saturated carbocycles. The molecule has 0 amide bonds. The number of hydrogen-bond acceptors (Lipinski definition) is 5. The van der Waals surface area contributed by atoms with Gasteiger partial charge in [0.15, 0.2) is 9.84 Å². The summed E-state index contributed by atoms with van der Waals surface area (Å²) in [4.78, 5) is 4.30. The number of aliphatic hydroxyl groups is 1. The molecule has 1 heterocycles. The molecule has 0 aliphatic heterocycles. The molecular weight excluding hydrogens is 278 g/mol. The molecule has 0 unspecified atom stereocenters. The third-order valence-electron chi connectivity index (χ3n) is 2.67. The Morgan fingerprint density at radius 1 is 1.10 bits per heavy atom. The normalized spacial score (nSPS) is 12.9. The molecule has 0 fully saturated rings. The first-order valence-electron chi connectivity index (χ1n) is 5.98. The number of hydrogen-bond donors (Lipinski definition) is 1. The number of rotatable bonds is 4. The largest absolute Gasteiger partial charge is 0.456 e. The lowest BCUT2D eigenvalue weighted by atomic mass is 10.2. The van der Waals surface area contributed by atoms with Gasteiger partial charge in [-0.15, -0.1) is 0 Å². The van der Waals surface area contributed by atoms with Crippen molar-refractivity contribution in [1.29, 1.82) is 0 Å². The summed E-state index contributed by atoms with van der Waals surface area (Å²) in [6.07, 6.45) is 2.03. The molecule has 1 aromatic heterocycles. The van der Waals surface area contributed by atoms with Crippen molar-refractivity contribution >= 4 is 9.84 Å². The van der Waals surface area contributed by atoms with E-state index in [1.807, 2.05) is 0 Å². The summed E-state index contributed by atoms with van der Waals surface area (Å²) in [5.74, 6) is 1.03. The summed E-state index contributed by atoms with van der Waals surface area (Å²) >= 11 is 0. The molecule has 0 saturated heterocycles. The summed E-state index contributed by atoms with van der Waals surface area (Å²) in [6, 6.07) is 9.51. The number of ether oxygens (including phenoxy) is 1. The Kier molecular flexibility index (Phi) is 4.06. The highest BCUT2D eigenvalue weighted by Crippen LogP contribution is 2.23. The molecule has 0 aliphatic rings. The van der Waals surface area contributed by atoms with Gasteiger partial charge >= 0.3 is 0 Å². The SMILES string of the molecule is C[C@@H](O)c1ccc(Oc2ccc(S(C)(=O)=O)cc2)cn1. The fraction of sp³-hybridized carbons (Fsp3) is 0.214. The standard InChI is InChI=1S/C14H15NO4S/c1-10(16)14-8-5-12(9-15-14)19-11-3-6-13(7-4-11)20(2,17)18/h3-10,16H,1-2H3/t10-/m1/s1. The van der Waals surface area contributed by atoms with Crippen molar-refractivity contribution < 1.29 is 18.3 Å². The summed E-state index contributed by atoms with van der Waals surface area (Å²) < 4.78 is 28.2. The Labute approximate surface area is 117 Å². The van der Waals surface area contributed by atoms with Gasteiger partial charge in [-0.1, -0.05) is 0 Å². The molecule has 0 bridgehead atoms. The zero-order valence-corrected chi connectivity index (χ0v) is 12.0. The minimum atomic E-state index is -3.20. The van der Waals surface area contributed by atoms with Crippen LogP contribution in [-0.4, -0.2) is 24.8 Å². The number of nitrogens with zero attached hydrogens (tertiary/aromatic N) is 1. The van der Waals surface area contributed by atoms with Crippen molar-refractivity contribution in [2.45, 2.75) is 17.9 Å². The number of benzene rings is 1. The number of pyridine rings is 1. The smallest absolute Gasteiger partial charge is 0.175 e. The van der Waals surface area contributed by atoms with Gasteiger partial charge in [0, 0.05) is 6.26 Å². The van der Waals surface area contributed by atoms with E-state index in [4.69, 9.17) is 4.74 Å². The molecule has 0 radical (unpaired) electrons. The van der Waals surface area contributed by atoms with Crippen LogP contribution in [0.15, 0.2) is 47.5 Å². The summed E-state index contributed by atoms with van der Waals surface area (Å²) in [5.41, 5.74) is 0.560. The molecule has 1 N–H and O–H groups in total. The first kappa shape index (κ1) is 14.5. The van der Waals surface area contributed by atoms with Gasteiger partial charge in [0.1, 0.15) is 11.5 Å². The predicted molar refractivity (Wildman–Crippen MR) is 74.5 cm³/mol. The third kappa shape index (κ3) is 3.55. The van der Waals surface area contributed by atoms with Crippen molar-refractivity contribution in [3.8, 4) is 11.5 Å². The number of sulfone groups is 1. The first-order chi connectivity index (χ1) is 9.36. The van der Waals surface area contributed by atoms with Crippen molar-refractivity contribution in [2.24, 2.45) is 0 Å². The summed E-state index contributed by atoms with van der Waals surface area (Å²) in [5, 5.41) is 9.35. The van der Waals surface area contributed by atoms with E-state index in [0.29, 0.717) is 17.2 Å². The predicted octanol–water partition coefficient (Wildman–Crippen LogP) is 2.33. The Bertz CT molecular complexity index is 676. The molecule has 20 heavy (non-hydrogen) atoms. The lowest BCUT2D eigenvalue weighted by molar-refractivity contribution is 0.194. The molecule has 0 spiro atoms. The zero-order valence-electron chi connectivity index (χ0n) is 11.1. The molecule has 106 valence electrons. The maximum Gasteiger partial charge on any atom is 0.175 e. The number of aliphatic hydroxyl groups excluding tert-OH is 1. The van der Waals surface area contributed by atoms with E-state index in [0.717, 1.165) is 6.26 Å². The highest BCUT2D eigenvalue weighted by atomic mass is 32.2. The average Bonchev–Trinajstić information content (AvgIpc) is 2.39. The molecule has 5 nitrogen and oxygen atoms in total. The van der Waals surface area contributed by atoms with Crippen LogP contribution in [0.4, 0.5) is 0 Å². The molecule has 1 aromatic carbocycles. The van der Waals surface area contributed by atoms with E-state index in [2.05, 4.69) is 4.98 Å². The molecule has 0 aliphatic carbocycles.